The molecule has 1 unspecified atom stereocenters. The van der Waals surface area contributed by atoms with Gasteiger partial charge in [-0.15, -0.1) is 0 Å². The highest BCUT2D eigenvalue weighted by Crippen LogP contribution is 2.37. The standard InChI is InChI=1S/C20H25NO3/c1-2-20(19(22)23,10-11-21-12-14-24-15-13-21)18-9-5-7-16-6-3-4-8-17(16)18/h3-9H,2,10-15H2,1H3,(H,22,23). The zero-order valence-electron chi connectivity index (χ0n) is 14.2. The lowest BCUT2D eigenvalue weighted by Crippen LogP contribution is -2.42. The number of rotatable bonds is 6. The molecule has 0 aromatic heterocycles. The van der Waals surface area contributed by atoms with Gasteiger partial charge in [0.1, 0.15) is 0 Å². The molecule has 1 aliphatic heterocycles. The van der Waals surface area contributed by atoms with Crippen molar-refractivity contribution in [2.75, 3.05) is 32.8 Å². The summed E-state index contributed by atoms with van der Waals surface area (Å²) in [7, 11) is 0. The van der Waals surface area contributed by atoms with Crippen molar-refractivity contribution in [3.63, 3.8) is 0 Å². The number of fused-ring (bicyclic) bond motifs is 1. The van der Waals surface area contributed by atoms with E-state index < -0.39 is 11.4 Å². The quantitative estimate of drug-likeness (QED) is 0.884. The summed E-state index contributed by atoms with van der Waals surface area (Å²) in [6.45, 7) is 6.01. The van der Waals surface area contributed by atoms with Crippen LogP contribution >= 0.6 is 0 Å². The van der Waals surface area contributed by atoms with Crippen molar-refractivity contribution in [3.8, 4) is 0 Å². The molecule has 1 saturated heterocycles. The third kappa shape index (κ3) is 3.17. The highest BCUT2D eigenvalue weighted by atomic mass is 16.5. The number of nitrogens with zero attached hydrogens (tertiary/aromatic N) is 1. The topological polar surface area (TPSA) is 49.8 Å². The molecule has 128 valence electrons. The first-order valence-electron chi connectivity index (χ1n) is 8.69. The Hall–Kier alpha value is -1.91. The maximum Gasteiger partial charge on any atom is 0.314 e. The zero-order chi connectivity index (χ0) is 17.0. The molecule has 1 heterocycles. The van der Waals surface area contributed by atoms with E-state index in [1.165, 1.54) is 0 Å². The molecule has 4 nitrogen and oxygen atoms in total. The molecule has 4 heteroatoms. The number of hydrogen-bond donors (Lipinski definition) is 1. The van der Waals surface area contributed by atoms with E-state index in [4.69, 9.17) is 4.74 Å². The Balaban J connectivity index is 1.96. The summed E-state index contributed by atoms with van der Waals surface area (Å²) in [6.07, 6.45) is 1.20. The number of carboxylic acids is 1. The van der Waals surface area contributed by atoms with Gasteiger partial charge in [0.25, 0.3) is 0 Å². The van der Waals surface area contributed by atoms with Gasteiger partial charge in [-0.25, -0.2) is 0 Å². The maximum absolute atomic E-state index is 12.3. The Kier molecular flexibility index (Phi) is 5.17. The minimum Gasteiger partial charge on any atom is -0.481 e. The molecule has 1 N–H and O–H groups in total. The average molecular weight is 327 g/mol. The van der Waals surface area contributed by atoms with Crippen LogP contribution in [0.2, 0.25) is 0 Å². The first kappa shape index (κ1) is 16.9. The number of carboxylic acid groups (broad SMARTS) is 1. The third-order valence-electron chi connectivity index (χ3n) is 5.28. The highest BCUT2D eigenvalue weighted by molar-refractivity contribution is 5.93. The van der Waals surface area contributed by atoms with E-state index in [2.05, 4.69) is 4.90 Å². The van der Waals surface area contributed by atoms with Gasteiger partial charge in [0, 0.05) is 13.1 Å². The predicted octanol–water partition coefficient (Wildman–Crippen LogP) is 3.29. The molecule has 3 rings (SSSR count). The summed E-state index contributed by atoms with van der Waals surface area (Å²) < 4.78 is 5.39. The van der Waals surface area contributed by atoms with Crippen LogP contribution in [0.25, 0.3) is 10.8 Å². The van der Waals surface area contributed by atoms with Crippen LogP contribution in [0.1, 0.15) is 25.3 Å². The van der Waals surface area contributed by atoms with E-state index in [0.29, 0.717) is 12.8 Å². The van der Waals surface area contributed by atoms with E-state index in [0.717, 1.165) is 49.2 Å². The second kappa shape index (κ2) is 7.32. The summed E-state index contributed by atoms with van der Waals surface area (Å²) in [5.74, 6) is -0.727. The fraction of sp³-hybridized carbons (Fsp3) is 0.450. The molecular weight excluding hydrogens is 302 g/mol. The molecule has 0 radical (unpaired) electrons. The molecule has 0 saturated carbocycles. The smallest absolute Gasteiger partial charge is 0.314 e. The highest BCUT2D eigenvalue weighted by Gasteiger charge is 2.39. The van der Waals surface area contributed by atoms with Gasteiger partial charge in [-0.1, -0.05) is 49.4 Å². The van der Waals surface area contributed by atoms with Crippen LogP contribution in [0.4, 0.5) is 0 Å². The minimum absolute atomic E-state index is 0.584. The van der Waals surface area contributed by atoms with Crippen molar-refractivity contribution >= 4 is 16.7 Å². The summed E-state index contributed by atoms with van der Waals surface area (Å²) in [5.41, 5.74) is 0.0861. The minimum atomic E-state index is -0.848. The summed E-state index contributed by atoms with van der Waals surface area (Å²) in [5, 5.41) is 12.3. The fourth-order valence-corrected chi connectivity index (χ4v) is 3.69. The lowest BCUT2D eigenvalue weighted by atomic mass is 9.73. The van der Waals surface area contributed by atoms with Crippen LogP contribution in [0.3, 0.4) is 0 Å². The van der Waals surface area contributed by atoms with Gasteiger partial charge < -0.3 is 9.84 Å². The van der Waals surface area contributed by atoms with E-state index in [9.17, 15) is 9.90 Å². The number of carbonyl (C=O) groups is 1. The van der Waals surface area contributed by atoms with E-state index >= 15 is 0 Å². The Bertz CT molecular complexity index is 704. The first-order valence-corrected chi connectivity index (χ1v) is 8.69. The molecule has 2 aromatic carbocycles. The van der Waals surface area contributed by atoms with Crippen LogP contribution in [-0.2, 0) is 14.9 Å². The maximum atomic E-state index is 12.3. The van der Waals surface area contributed by atoms with Gasteiger partial charge in [0.15, 0.2) is 0 Å². The van der Waals surface area contributed by atoms with Crippen LogP contribution in [0.5, 0.6) is 0 Å². The lowest BCUT2D eigenvalue weighted by molar-refractivity contribution is -0.144. The van der Waals surface area contributed by atoms with Gasteiger partial charge >= 0.3 is 5.97 Å². The van der Waals surface area contributed by atoms with E-state index in [1.54, 1.807) is 0 Å². The Labute approximate surface area is 143 Å². The summed E-state index contributed by atoms with van der Waals surface area (Å²) >= 11 is 0. The van der Waals surface area contributed by atoms with Gasteiger partial charge in [-0.05, 0) is 35.7 Å². The number of hydrogen-bond acceptors (Lipinski definition) is 3. The molecule has 1 fully saturated rings. The van der Waals surface area contributed by atoms with Crippen molar-refractivity contribution < 1.29 is 14.6 Å². The van der Waals surface area contributed by atoms with Crippen molar-refractivity contribution in [2.24, 2.45) is 0 Å². The molecule has 24 heavy (non-hydrogen) atoms. The third-order valence-corrected chi connectivity index (χ3v) is 5.28. The van der Waals surface area contributed by atoms with E-state index in [-0.39, 0.29) is 0 Å². The van der Waals surface area contributed by atoms with Gasteiger partial charge in [0.05, 0.1) is 18.6 Å². The van der Waals surface area contributed by atoms with Crippen LogP contribution in [-0.4, -0.2) is 48.8 Å². The van der Waals surface area contributed by atoms with Gasteiger partial charge in [-0.2, -0.15) is 0 Å². The van der Waals surface area contributed by atoms with Crippen molar-refractivity contribution in [1.82, 2.24) is 4.90 Å². The summed E-state index contributed by atoms with van der Waals surface area (Å²) in [6, 6.07) is 14.1. The molecular formula is C20H25NO3. The van der Waals surface area contributed by atoms with Crippen molar-refractivity contribution in [3.05, 3.63) is 48.0 Å². The van der Waals surface area contributed by atoms with Crippen molar-refractivity contribution in [2.45, 2.75) is 25.2 Å². The molecule has 0 spiro atoms. The Morgan fingerprint density at radius 3 is 2.58 bits per heavy atom. The normalized spacial score (nSPS) is 18.4. The molecule has 0 bridgehead atoms. The molecule has 0 amide bonds. The second-order valence-electron chi connectivity index (χ2n) is 6.47. The molecule has 1 aliphatic rings. The molecule has 0 aliphatic carbocycles. The Morgan fingerprint density at radius 1 is 1.17 bits per heavy atom. The van der Waals surface area contributed by atoms with Crippen LogP contribution < -0.4 is 0 Å². The largest absolute Gasteiger partial charge is 0.481 e. The van der Waals surface area contributed by atoms with Crippen molar-refractivity contribution in [1.29, 1.82) is 0 Å². The number of benzene rings is 2. The molecule has 1 atom stereocenters. The van der Waals surface area contributed by atoms with Gasteiger partial charge in [0.2, 0.25) is 0 Å². The zero-order valence-corrected chi connectivity index (χ0v) is 14.2. The average Bonchev–Trinajstić information content (AvgIpc) is 2.63. The number of morpholine rings is 1. The fourth-order valence-electron chi connectivity index (χ4n) is 3.69. The predicted molar refractivity (Wildman–Crippen MR) is 95.4 cm³/mol. The SMILES string of the molecule is CCC(CCN1CCOCC1)(C(=O)O)c1cccc2ccccc12. The molecule has 2 aromatic rings. The first-order chi connectivity index (χ1) is 11.7. The Morgan fingerprint density at radius 2 is 1.88 bits per heavy atom. The van der Waals surface area contributed by atoms with Crippen LogP contribution in [0, 0.1) is 0 Å². The lowest BCUT2D eigenvalue weighted by Gasteiger charge is -2.34. The second-order valence-corrected chi connectivity index (χ2v) is 6.47. The van der Waals surface area contributed by atoms with Crippen LogP contribution in [0.15, 0.2) is 42.5 Å². The number of ether oxygens (including phenoxy) is 1. The number of aliphatic carboxylic acids is 1. The monoisotopic (exact) mass is 327 g/mol. The van der Waals surface area contributed by atoms with Gasteiger partial charge in [-0.3, -0.25) is 9.69 Å². The van der Waals surface area contributed by atoms with E-state index in [1.807, 2.05) is 49.4 Å². The summed E-state index contributed by atoms with van der Waals surface area (Å²) in [4.78, 5) is 14.6.